The molecule has 2 heterocycles. The summed E-state index contributed by atoms with van der Waals surface area (Å²) in [5, 5.41) is 7.00. The lowest BCUT2D eigenvalue weighted by molar-refractivity contribution is -0.657. The second kappa shape index (κ2) is 7.87. The number of aliphatic hydroxyl groups excluding tert-OH is 1. The number of amides is 1. The molecule has 1 aromatic heterocycles. The molecule has 0 saturated carbocycles. The highest BCUT2D eigenvalue weighted by Gasteiger charge is 2.30. The van der Waals surface area contributed by atoms with Gasteiger partial charge in [-0.2, -0.15) is 0 Å². The first-order valence-electron chi connectivity index (χ1n) is 7.34. The number of nitrogens with zero attached hydrogens (tertiary/aromatic N) is 3. The Morgan fingerprint density at radius 2 is 2.10 bits per heavy atom. The van der Waals surface area contributed by atoms with Gasteiger partial charge in [0.05, 0.1) is 20.1 Å². The number of nitrogens with two attached hydrogens (primary N) is 1. The predicted octanol–water partition coefficient (Wildman–Crippen LogP) is -0.133. The number of anilines is 2. The van der Waals surface area contributed by atoms with Crippen molar-refractivity contribution in [1.29, 1.82) is 0 Å². The number of piperidine rings is 1. The van der Waals surface area contributed by atoms with E-state index in [1.165, 1.54) is 0 Å². The third kappa shape index (κ3) is 3.87. The average Bonchev–Trinajstić information content (AvgIpc) is 2.82. The number of carbonyl (C=O) groups excluding carboxylic acids is 1. The zero-order chi connectivity index (χ0) is 16.0. The van der Waals surface area contributed by atoms with Crippen LogP contribution in [0.5, 0.6) is 0 Å². The van der Waals surface area contributed by atoms with E-state index < -0.39 is 0 Å². The molecule has 0 atom stereocenters. The van der Waals surface area contributed by atoms with Crippen LogP contribution < -0.4 is 15.2 Å². The molecule has 7 heteroatoms. The van der Waals surface area contributed by atoms with Gasteiger partial charge in [-0.1, -0.05) is 0 Å². The number of aromatic amines is 1. The van der Waals surface area contributed by atoms with Gasteiger partial charge < -0.3 is 15.7 Å². The molecule has 0 bridgehead atoms. The van der Waals surface area contributed by atoms with Crippen molar-refractivity contribution in [3.8, 4) is 0 Å². The van der Waals surface area contributed by atoms with E-state index in [-0.39, 0.29) is 5.91 Å². The van der Waals surface area contributed by atoms with E-state index in [9.17, 15) is 4.79 Å². The van der Waals surface area contributed by atoms with Crippen molar-refractivity contribution in [1.82, 2.24) is 9.88 Å². The molecule has 0 spiro atoms. The Labute approximate surface area is 126 Å². The van der Waals surface area contributed by atoms with Crippen LogP contribution in [-0.2, 0) is 11.8 Å². The average molecular weight is 298 g/mol. The van der Waals surface area contributed by atoms with Crippen molar-refractivity contribution >= 4 is 17.5 Å². The van der Waals surface area contributed by atoms with Crippen molar-refractivity contribution in [2.75, 3.05) is 37.4 Å². The second-order valence-electron chi connectivity index (χ2n) is 5.14. The van der Waals surface area contributed by atoms with Crippen LogP contribution in [0.15, 0.2) is 6.33 Å². The zero-order valence-electron chi connectivity index (χ0n) is 13.5. The van der Waals surface area contributed by atoms with E-state index in [0.717, 1.165) is 45.4 Å². The van der Waals surface area contributed by atoms with Crippen LogP contribution in [0.3, 0.4) is 0 Å². The molecule has 120 valence electrons. The Hall–Kier alpha value is -1.76. The van der Waals surface area contributed by atoms with Crippen molar-refractivity contribution in [3.63, 3.8) is 0 Å². The van der Waals surface area contributed by atoms with Gasteiger partial charge >= 0.3 is 0 Å². The van der Waals surface area contributed by atoms with Gasteiger partial charge in [0.25, 0.3) is 5.82 Å². The van der Waals surface area contributed by atoms with E-state index in [2.05, 4.69) is 9.88 Å². The minimum Gasteiger partial charge on any atom is -0.400 e. The fraction of sp³-hybridized carbons (Fsp3) is 0.714. The number of hydrogen-bond acceptors (Lipinski definition) is 4. The van der Waals surface area contributed by atoms with Crippen LogP contribution in [0.2, 0.25) is 0 Å². The second-order valence-corrected chi connectivity index (χ2v) is 5.14. The van der Waals surface area contributed by atoms with Crippen molar-refractivity contribution < 1.29 is 14.5 Å². The first-order valence-corrected chi connectivity index (χ1v) is 7.34. The molecule has 21 heavy (non-hydrogen) atoms. The van der Waals surface area contributed by atoms with Gasteiger partial charge in [0.2, 0.25) is 11.7 Å². The van der Waals surface area contributed by atoms with E-state index in [1.54, 1.807) is 6.92 Å². The third-order valence-electron chi connectivity index (χ3n) is 3.94. The van der Waals surface area contributed by atoms with Crippen molar-refractivity contribution in [2.24, 2.45) is 7.05 Å². The maximum atomic E-state index is 11.6. The molecular weight excluding hydrogens is 270 g/mol. The highest BCUT2D eigenvalue weighted by molar-refractivity contribution is 5.73. The van der Waals surface area contributed by atoms with E-state index in [1.807, 2.05) is 29.8 Å². The molecule has 7 nitrogen and oxygen atoms in total. The molecule has 1 aromatic rings. The first-order chi connectivity index (χ1) is 10.0. The van der Waals surface area contributed by atoms with Gasteiger partial charge in [-0.3, -0.25) is 14.7 Å². The molecule has 4 N–H and O–H groups in total. The standard InChI is InChI=1S/C13H23N5O.CH4O/c1-4-18(10(2)19)11-5-7-17(8-6-11)13-12(14)15-9-16(13)3;1-2/h9,11H,4-8,14H2,1-3H3;2H,1H3/p+1. The number of aromatic nitrogens is 2. The largest absolute Gasteiger partial charge is 0.400 e. The van der Waals surface area contributed by atoms with Crippen LogP contribution in [0.1, 0.15) is 26.7 Å². The number of aliphatic hydroxyl groups is 1. The summed E-state index contributed by atoms with van der Waals surface area (Å²) in [4.78, 5) is 18.9. The van der Waals surface area contributed by atoms with Crippen LogP contribution in [-0.4, -0.2) is 53.7 Å². The maximum absolute atomic E-state index is 11.6. The summed E-state index contributed by atoms with van der Waals surface area (Å²) < 4.78 is 2.01. The van der Waals surface area contributed by atoms with Gasteiger partial charge in [-0.25, -0.2) is 4.57 Å². The molecule has 1 saturated heterocycles. The van der Waals surface area contributed by atoms with Crippen molar-refractivity contribution in [2.45, 2.75) is 32.7 Å². The Balaban J connectivity index is 0.00000106. The summed E-state index contributed by atoms with van der Waals surface area (Å²) in [6.07, 6.45) is 3.86. The lowest BCUT2D eigenvalue weighted by Gasteiger charge is -2.36. The number of imidazole rings is 1. The number of nitrogens with one attached hydrogen (secondary N) is 1. The minimum atomic E-state index is 0.174. The molecule has 1 aliphatic heterocycles. The Kier molecular flexibility index (Phi) is 6.48. The lowest BCUT2D eigenvalue weighted by atomic mass is 10.0. The quantitative estimate of drug-likeness (QED) is 0.678. The Bertz CT molecular complexity index is 433. The fourth-order valence-corrected chi connectivity index (χ4v) is 3.00. The van der Waals surface area contributed by atoms with Crippen LogP contribution in [0, 0.1) is 0 Å². The highest BCUT2D eigenvalue weighted by atomic mass is 16.2. The Morgan fingerprint density at radius 3 is 2.48 bits per heavy atom. The molecular formula is C14H28N5O2+. The van der Waals surface area contributed by atoms with Gasteiger partial charge in [0, 0.05) is 26.6 Å². The van der Waals surface area contributed by atoms with E-state index in [0.29, 0.717) is 11.9 Å². The SMILES string of the molecule is CCN(C(C)=O)C1CCN(c2c(N)[nH]c[n+]2C)CC1.CO. The number of rotatable bonds is 3. The van der Waals surface area contributed by atoms with Crippen LogP contribution in [0.25, 0.3) is 0 Å². The molecule has 1 aliphatic rings. The lowest BCUT2D eigenvalue weighted by Crippen LogP contribution is -2.49. The molecule has 2 rings (SSSR count). The fourth-order valence-electron chi connectivity index (χ4n) is 3.00. The topological polar surface area (TPSA) is 89.5 Å². The summed E-state index contributed by atoms with van der Waals surface area (Å²) >= 11 is 0. The summed E-state index contributed by atoms with van der Waals surface area (Å²) in [5.74, 6) is 1.93. The molecule has 0 radical (unpaired) electrons. The van der Waals surface area contributed by atoms with E-state index >= 15 is 0 Å². The zero-order valence-corrected chi connectivity index (χ0v) is 13.5. The van der Waals surface area contributed by atoms with E-state index in [4.69, 9.17) is 10.8 Å². The number of aryl methyl sites for hydroxylation is 1. The van der Waals surface area contributed by atoms with Crippen LogP contribution >= 0.6 is 0 Å². The summed E-state index contributed by atoms with van der Waals surface area (Å²) in [6.45, 7) is 6.35. The Morgan fingerprint density at radius 1 is 1.52 bits per heavy atom. The number of carbonyl (C=O) groups is 1. The number of hydrogen-bond donors (Lipinski definition) is 3. The predicted molar refractivity (Wildman–Crippen MR) is 82.8 cm³/mol. The number of H-pyrrole nitrogens is 1. The normalized spacial score (nSPS) is 15.4. The van der Waals surface area contributed by atoms with Gasteiger partial charge in [0.15, 0.2) is 6.33 Å². The molecule has 0 aromatic carbocycles. The maximum Gasteiger partial charge on any atom is 0.280 e. The first kappa shape index (κ1) is 17.3. The summed E-state index contributed by atoms with van der Waals surface area (Å²) in [6, 6.07) is 0.365. The third-order valence-corrected chi connectivity index (χ3v) is 3.94. The highest BCUT2D eigenvalue weighted by Crippen LogP contribution is 2.23. The van der Waals surface area contributed by atoms with Gasteiger partial charge in [-0.15, -0.1) is 0 Å². The summed E-state index contributed by atoms with van der Waals surface area (Å²) in [5.41, 5.74) is 5.96. The smallest absolute Gasteiger partial charge is 0.280 e. The van der Waals surface area contributed by atoms with Crippen LogP contribution in [0.4, 0.5) is 11.6 Å². The van der Waals surface area contributed by atoms with Gasteiger partial charge in [0.1, 0.15) is 0 Å². The molecule has 0 aliphatic carbocycles. The molecule has 1 amide bonds. The van der Waals surface area contributed by atoms with Crippen molar-refractivity contribution in [3.05, 3.63) is 6.33 Å². The molecule has 0 unspecified atom stereocenters. The summed E-state index contributed by atoms with van der Waals surface area (Å²) in [7, 11) is 2.99. The molecule has 1 fully saturated rings. The van der Waals surface area contributed by atoms with Gasteiger partial charge in [-0.05, 0) is 19.8 Å². The minimum absolute atomic E-state index is 0.174. The number of nitrogen functional groups attached to an aromatic ring is 1. The monoisotopic (exact) mass is 298 g/mol.